The Morgan fingerprint density at radius 2 is 2.00 bits per heavy atom. The van der Waals surface area contributed by atoms with Crippen molar-refractivity contribution in [2.24, 2.45) is 17.1 Å². The summed E-state index contributed by atoms with van der Waals surface area (Å²) in [7, 11) is 0. The first-order valence-corrected chi connectivity index (χ1v) is 7.05. The van der Waals surface area contributed by atoms with Crippen molar-refractivity contribution in [1.82, 2.24) is 5.32 Å². The molecule has 0 bridgehead atoms. The highest BCUT2D eigenvalue weighted by atomic mass is 15.0. The van der Waals surface area contributed by atoms with Gasteiger partial charge in [0.25, 0.3) is 0 Å². The minimum Gasteiger partial charge on any atom is -0.329 e. The number of nitrogens with two attached hydrogens (primary N) is 1. The standard InChI is InChI=1S/C15H30N2/c1-5-11-17-15(12-16)9-7-13(8-10-15)14(3,4)6-2/h5,13,17H,1,6-12,16H2,2-4H3. The first kappa shape index (κ1) is 14.7. The Hall–Kier alpha value is -0.340. The molecule has 1 saturated carbocycles. The van der Waals surface area contributed by atoms with E-state index in [1.807, 2.05) is 6.08 Å². The van der Waals surface area contributed by atoms with Crippen LogP contribution in [0.15, 0.2) is 12.7 Å². The minimum atomic E-state index is 0.175. The Bertz CT molecular complexity index is 237. The van der Waals surface area contributed by atoms with Gasteiger partial charge in [-0.15, -0.1) is 6.58 Å². The zero-order chi connectivity index (χ0) is 12.9. The highest BCUT2D eigenvalue weighted by Crippen LogP contribution is 2.43. The number of nitrogens with one attached hydrogen (secondary N) is 1. The highest BCUT2D eigenvalue weighted by molar-refractivity contribution is 4.97. The number of hydrogen-bond acceptors (Lipinski definition) is 2. The van der Waals surface area contributed by atoms with Crippen LogP contribution in [0, 0.1) is 11.3 Å². The second-order valence-electron chi connectivity index (χ2n) is 6.27. The molecule has 2 nitrogen and oxygen atoms in total. The van der Waals surface area contributed by atoms with Gasteiger partial charge in [0.2, 0.25) is 0 Å². The van der Waals surface area contributed by atoms with Gasteiger partial charge in [-0.25, -0.2) is 0 Å². The lowest BCUT2D eigenvalue weighted by molar-refractivity contribution is 0.104. The fourth-order valence-electron chi connectivity index (χ4n) is 2.98. The Morgan fingerprint density at radius 3 is 2.41 bits per heavy atom. The topological polar surface area (TPSA) is 38.0 Å². The third-order valence-corrected chi connectivity index (χ3v) is 4.97. The highest BCUT2D eigenvalue weighted by Gasteiger charge is 2.38. The van der Waals surface area contributed by atoms with Gasteiger partial charge in [0.1, 0.15) is 0 Å². The Labute approximate surface area is 107 Å². The summed E-state index contributed by atoms with van der Waals surface area (Å²) in [4.78, 5) is 0. The first-order chi connectivity index (χ1) is 7.99. The Balaban J connectivity index is 2.55. The fourth-order valence-corrected chi connectivity index (χ4v) is 2.98. The second-order valence-corrected chi connectivity index (χ2v) is 6.27. The van der Waals surface area contributed by atoms with E-state index >= 15 is 0 Å². The summed E-state index contributed by atoms with van der Waals surface area (Å²) in [5.74, 6) is 0.859. The van der Waals surface area contributed by atoms with Crippen molar-refractivity contribution in [3.8, 4) is 0 Å². The zero-order valence-electron chi connectivity index (χ0n) is 11.9. The van der Waals surface area contributed by atoms with Gasteiger partial charge in [-0.3, -0.25) is 0 Å². The molecule has 17 heavy (non-hydrogen) atoms. The molecule has 0 saturated heterocycles. The van der Waals surface area contributed by atoms with Crippen molar-refractivity contribution >= 4 is 0 Å². The smallest absolute Gasteiger partial charge is 0.0307 e. The van der Waals surface area contributed by atoms with Crippen LogP contribution in [0.4, 0.5) is 0 Å². The van der Waals surface area contributed by atoms with Gasteiger partial charge >= 0.3 is 0 Å². The molecule has 100 valence electrons. The molecular weight excluding hydrogens is 208 g/mol. The molecule has 1 aliphatic rings. The monoisotopic (exact) mass is 238 g/mol. The SMILES string of the molecule is C=CCNC1(CN)CCC(C(C)(C)CC)CC1. The predicted octanol–water partition coefficient (Wildman–Crippen LogP) is 3.09. The van der Waals surface area contributed by atoms with Crippen molar-refractivity contribution in [1.29, 1.82) is 0 Å². The molecule has 0 heterocycles. The average molecular weight is 238 g/mol. The fraction of sp³-hybridized carbons (Fsp3) is 0.867. The van der Waals surface area contributed by atoms with Crippen molar-refractivity contribution in [3.05, 3.63) is 12.7 Å². The largest absolute Gasteiger partial charge is 0.329 e. The summed E-state index contributed by atoms with van der Waals surface area (Å²) in [5.41, 5.74) is 6.63. The molecule has 0 atom stereocenters. The van der Waals surface area contributed by atoms with Gasteiger partial charge in [0.15, 0.2) is 0 Å². The Kier molecular flexibility index (Phi) is 5.21. The molecule has 0 aromatic heterocycles. The molecule has 1 rings (SSSR count). The summed E-state index contributed by atoms with van der Waals surface area (Å²) in [6, 6.07) is 0. The lowest BCUT2D eigenvalue weighted by Crippen LogP contribution is -2.54. The van der Waals surface area contributed by atoms with Crippen LogP contribution in [-0.4, -0.2) is 18.6 Å². The van der Waals surface area contributed by atoms with Crippen LogP contribution in [0.3, 0.4) is 0 Å². The van der Waals surface area contributed by atoms with E-state index in [1.54, 1.807) is 0 Å². The molecule has 1 fully saturated rings. The molecule has 0 aromatic carbocycles. The van der Waals surface area contributed by atoms with E-state index in [4.69, 9.17) is 5.73 Å². The third kappa shape index (κ3) is 3.56. The summed E-state index contributed by atoms with van der Waals surface area (Å²) in [6.07, 6.45) is 8.24. The van der Waals surface area contributed by atoms with E-state index in [9.17, 15) is 0 Å². The maximum absolute atomic E-state index is 5.97. The molecule has 0 unspecified atom stereocenters. The van der Waals surface area contributed by atoms with Crippen LogP contribution in [0.1, 0.15) is 52.9 Å². The molecule has 0 spiro atoms. The van der Waals surface area contributed by atoms with Crippen LogP contribution in [0.5, 0.6) is 0 Å². The molecule has 0 amide bonds. The number of hydrogen-bond donors (Lipinski definition) is 2. The van der Waals surface area contributed by atoms with Crippen LogP contribution in [-0.2, 0) is 0 Å². The summed E-state index contributed by atoms with van der Waals surface area (Å²) < 4.78 is 0. The Morgan fingerprint density at radius 1 is 1.41 bits per heavy atom. The number of rotatable bonds is 6. The van der Waals surface area contributed by atoms with Crippen LogP contribution < -0.4 is 11.1 Å². The zero-order valence-corrected chi connectivity index (χ0v) is 11.9. The first-order valence-electron chi connectivity index (χ1n) is 7.05. The van der Waals surface area contributed by atoms with Gasteiger partial charge in [0, 0.05) is 18.6 Å². The van der Waals surface area contributed by atoms with E-state index in [0.29, 0.717) is 5.41 Å². The van der Waals surface area contributed by atoms with E-state index < -0.39 is 0 Å². The van der Waals surface area contributed by atoms with Gasteiger partial charge in [-0.1, -0.05) is 33.3 Å². The van der Waals surface area contributed by atoms with Crippen LogP contribution >= 0.6 is 0 Å². The van der Waals surface area contributed by atoms with Gasteiger partial charge in [-0.2, -0.15) is 0 Å². The normalized spacial score (nSPS) is 30.2. The molecular formula is C15H30N2. The van der Waals surface area contributed by atoms with E-state index in [1.165, 1.54) is 32.1 Å². The van der Waals surface area contributed by atoms with E-state index in [2.05, 4.69) is 32.7 Å². The molecule has 1 aliphatic carbocycles. The molecule has 3 N–H and O–H groups in total. The van der Waals surface area contributed by atoms with Gasteiger partial charge < -0.3 is 11.1 Å². The van der Waals surface area contributed by atoms with Gasteiger partial charge in [-0.05, 0) is 37.0 Å². The average Bonchev–Trinajstić information content (AvgIpc) is 2.37. The summed E-state index contributed by atoms with van der Waals surface area (Å²) in [6.45, 7) is 12.5. The van der Waals surface area contributed by atoms with Crippen molar-refractivity contribution in [2.45, 2.75) is 58.4 Å². The maximum atomic E-state index is 5.97. The van der Waals surface area contributed by atoms with E-state index in [0.717, 1.165) is 19.0 Å². The van der Waals surface area contributed by atoms with Crippen molar-refractivity contribution in [3.63, 3.8) is 0 Å². The predicted molar refractivity (Wildman–Crippen MR) is 76.0 cm³/mol. The lowest BCUT2D eigenvalue weighted by atomic mass is 9.65. The van der Waals surface area contributed by atoms with E-state index in [-0.39, 0.29) is 5.54 Å². The van der Waals surface area contributed by atoms with Crippen molar-refractivity contribution < 1.29 is 0 Å². The van der Waals surface area contributed by atoms with Gasteiger partial charge in [0.05, 0.1) is 0 Å². The maximum Gasteiger partial charge on any atom is 0.0307 e. The quantitative estimate of drug-likeness (QED) is 0.698. The molecule has 0 radical (unpaired) electrons. The minimum absolute atomic E-state index is 0.175. The lowest BCUT2D eigenvalue weighted by Gasteiger charge is -2.45. The molecule has 0 aliphatic heterocycles. The molecule has 2 heteroatoms. The summed E-state index contributed by atoms with van der Waals surface area (Å²) >= 11 is 0. The second kappa shape index (κ2) is 6.01. The summed E-state index contributed by atoms with van der Waals surface area (Å²) in [5, 5.41) is 3.58. The third-order valence-electron chi connectivity index (χ3n) is 4.97. The van der Waals surface area contributed by atoms with Crippen molar-refractivity contribution in [2.75, 3.05) is 13.1 Å². The van der Waals surface area contributed by atoms with Crippen LogP contribution in [0.25, 0.3) is 0 Å². The van der Waals surface area contributed by atoms with Crippen LogP contribution in [0.2, 0.25) is 0 Å². The molecule has 0 aromatic rings.